The first-order valence-electron chi connectivity index (χ1n) is 5.13. The van der Waals surface area contributed by atoms with E-state index in [9.17, 15) is 13.2 Å². The van der Waals surface area contributed by atoms with Crippen molar-refractivity contribution in [2.75, 3.05) is 14.2 Å². The van der Waals surface area contributed by atoms with Crippen LogP contribution in [-0.4, -0.2) is 14.2 Å². The van der Waals surface area contributed by atoms with Crippen LogP contribution in [0.15, 0.2) is 12.1 Å². The topological polar surface area (TPSA) is 42.2 Å². The molecule has 0 atom stereocenters. The van der Waals surface area contributed by atoms with Gasteiger partial charge in [-0.2, -0.15) is 18.4 Å². The minimum atomic E-state index is -4.46. The summed E-state index contributed by atoms with van der Waals surface area (Å²) in [7, 11) is 2.57. The second-order valence-electron chi connectivity index (χ2n) is 3.52. The standard InChI is InChI=1S/C12H12F3NO2/c1-17-10-6-8(12(13,14)15)7-11(18-2)9(10)4-3-5-16/h6-7H,3-4H2,1-2H3. The molecule has 0 radical (unpaired) electrons. The molecule has 0 bridgehead atoms. The van der Waals surface area contributed by atoms with Crippen LogP contribution >= 0.6 is 0 Å². The van der Waals surface area contributed by atoms with E-state index in [0.717, 1.165) is 12.1 Å². The number of benzene rings is 1. The molecule has 0 spiro atoms. The van der Waals surface area contributed by atoms with Crippen molar-refractivity contribution in [1.82, 2.24) is 0 Å². The Hall–Kier alpha value is -1.90. The third-order valence-corrected chi connectivity index (χ3v) is 2.42. The number of hydrogen-bond acceptors (Lipinski definition) is 3. The summed E-state index contributed by atoms with van der Waals surface area (Å²) in [6, 6.07) is 3.75. The fraction of sp³-hybridized carbons (Fsp3) is 0.417. The van der Waals surface area contributed by atoms with Crippen LogP contribution in [0, 0.1) is 11.3 Å². The van der Waals surface area contributed by atoms with Gasteiger partial charge >= 0.3 is 6.18 Å². The maximum Gasteiger partial charge on any atom is 0.416 e. The number of alkyl halides is 3. The van der Waals surface area contributed by atoms with Gasteiger partial charge in [-0.3, -0.25) is 0 Å². The van der Waals surface area contributed by atoms with E-state index in [1.165, 1.54) is 14.2 Å². The molecule has 0 aliphatic carbocycles. The van der Waals surface area contributed by atoms with E-state index < -0.39 is 11.7 Å². The van der Waals surface area contributed by atoms with Crippen LogP contribution < -0.4 is 9.47 Å². The molecule has 18 heavy (non-hydrogen) atoms. The summed E-state index contributed by atoms with van der Waals surface area (Å²) in [5, 5.41) is 8.53. The quantitative estimate of drug-likeness (QED) is 0.834. The van der Waals surface area contributed by atoms with Crippen molar-refractivity contribution < 1.29 is 22.6 Å². The molecule has 0 N–H and O–H groups in total. The van der Waals surface area contributed by atoms with Gasteiger partial charge in [0.15, 0.2) is 0 Å². The summed E-state index contributed by atoms with van der Waals surface area (Å²) >= 11 is 0. The molecule has 98 valence electrons. The predicted octanol–water partition coefficient (Wildman–Crippen LogP) is 3.18. The van der Waals surface area contributed by atoms with Crippen LogP contribution in [0.2, 0.25) is 0 Å². The Morgan fingerprint density at radius 1 is 1.17 bits per heavy atom. The number of hydrogen-bond donors (Lipinski definition) is 0. The van der Waals surface area contributed by atoms with E-state index in [0.29, 0.717) is 5.56 Å². The SMILES string of the molecule is COc1cc(C(F)(F)F)cc(OC)c1CCC#N. The zero-order valence-corrected chi connectivity index (χ0v) is 9.97. The van der Waals surface area contributed by atoms with Crippen LogP contribution in [0.3, 0.4) is 0 Å². The van der Waals surface area contributed by atoms with Gasteiger partial charge in [0, 0.05) is 12.0 Å². The lowest BCUT2D eigenvalue weighted by molar-refractivity contribution is -0.137. The molecule has 0 aliphatic heterocycles. The maximum absolute atomic E-state index is 12.6. The van der Waals surface area contributed by atoms with Crippen LogP contribution in [-0.2, 0) is 12.6 Å². The van der Waals surface area contributed by atoms with Crippen molar-refractivity contribution >= 4 is 0 Å². The summed E-state index contributed by atoms with van der Waals surface area (Å²) in [4.78, 5) is 0. The molecule has 0 aromatic heterocycles. The number of ether oxygens (including phenoxy) is 2. The van der Waals surface area contributed by atoms with Gasteiger partial charge < -0.3 is 9.47 Å². The highest BCUT2D eigenvalue weighted by molar-refractivity contribution is 5.49. The Balaban J connectivity index is 3.30. The monoisotopic (exact) mass is 259 g/mol. The number of halogens is 3. The van der Waals surface area contributed by atoms with Gasteiger partial charge in [-0.15, -0.1) is 0 Å². The van der Waals surface area contributed by atoms with Crippen LogP contribution in [0.25, 0.3) is 0 Å². The Morgan fingerprint density at radius 2 is 1.67 bits per heavy atom. The molecule has 0 fully saturated rings. The zero-order chi connectivity index (χ0) is 13.8. The van der Waals surface area contributed by atoms with E-state index in [1.807, 2.05) is 6.07 Å². The molecule has 6 heteroatoms. The summed E-state index contributed by atoms with van der Waals surface area (Å²) < 4.78 is 47.8. The van der Waals surface area contributed by atoms with E-state index in [2.05, 4.69) is 0 Å². The van der Waals surface area contributed by atoms with Crippen LogP contribution in [0.4, 0.5) is 13.2 Å². The van der Waals surface area contributed by atoms with Crippen molar-refractivity contribution in [2.45, 2.75) is 19.0 Å². The number of nitriles is 1. The van der Waals surface area contributed by atoms with Crippen molar-refractivity contribution in [3.63, 3.8) is 0 Å². The highest BCUT2D eigenvalue weighted by atomic mass is 19.4. The summed E-state index contributed by atoms with van der Waals surface area (Å²) in [5.74, 6) is 0.161. The van der Waals surface area contributed by atoms with Crippen molar-refractivity contribution in [1.29, 1.82) is 5.26 Å². The minimum absolute atomic E-state index is 0.0805. The fourth-order valence-electron chi connectivity index (χ4n) is 1.58. The number of methoxy groups -OCH3 is 2. The number of rotatable bonds is 4. The lowest BCUT2D eigenvalue weighted by Gasteiger charge is -2.16. The average molecular weight is 259 g/mol. The average Bonchev–Trinajstić information content (AvgIpc) is 2.33. The van der Waals surface area contributed by atoms with Gasteiger partial charge in [-0.1, -0.05) is 0 Å². The second kappa shape index (κ2) is 5.63. The molecule has 1 aromatic rings. The molecule has 0 amide bonds. The lowest BCUT2D eigenvalue weighted by atomic mass is 10.0. The molecule has 1 aromatic carbocycles. The van der Waals surface area contributed by atoms with E-state index in [-0.39, 0.29) is 24.3 Å². The fourth-order valence-corrected chi connectivity index (χ4v) is 1.58. The summed E-state index contributed by atoms with van der Waals surface area (Å²) in [6.45, 7) is 0. The van der Waals surface area contributed by atoms with Gasteiger partial charge in [0.2, 0.25) is 0 Å². The number of nitrogens with zero attached hydrogens (tertiary/aromatic N) is 1. The smallest absolute Gasteiger partial charge is 0.416 e. The van der Waals surface area contributed by atoms with Crippen molar-refractivity contribution in [2.24, 2.45) is 0 Å². The highest BCUT2D eigenvalue weighted by Crippen LogP contribution is 2.38. The third-order valence-electron chi connectivity index (χ3n) is 2.42. The largest absolute Gasteiger partial charge is 0.496 e. The molecule has 1 rings (SSSR count). The van der Waals surface area contributed by atoms with Crippen LogP contribution in [0.5, 0.6) is 11.5 Å². The molecule has 0 aliphatic rings. The minimum Gasteiger partial charge on any atom is -0.496 e. The van der Waals surface area contributed by atoms with Crippen molar-refractivity contribution in [3.8, 4) is 17.6 Å². The molecule has 0 heterocycles. The van der Waals surface area contributed by atoms with Gasteiger partial charge in [-0.25, -0.2) is 0 Å². The van der Waals surface area contributed by atoms with Gasteiger partial charge in [0.05, 0.1) is 25.9 Å². The van der Waals surface area contributed by atoms with E-state index >= 15 is 0 Å². The van der Waals surface area contributed by atoms with Gasteiger partial charge in [0.25, 0.3) is 0 Å². The first kappa shape index (κ1) is 14.2. The molecule has 0 saturated heterocycles. The molecular weight excluding hydrogens is 247 g/mol. The van der Waals surface area contributed by atoms with Crippen LogP contribution in [0.1, 0.15) is 17.5 Å². The maximum atomic E-state index is 12.6. The summed E-state index contributed by atoms with van der Waals surface area (Å²) in [6.07, 6.45) is -4.01. The second-order valence-corrected chi connectivity index (χ2v) is 3.52. The van der Waals surface area contributed by atoms with E-state index in [1.54, 1.807) is 0 Å². The Labute approximate surface area is 103 Å². The third kappa shape index (κ3) is 3.06. The molecule has 0 saturated carbocycles. The predicted molar refractivity (Wildman–Crippen MR) is 58.5 cm³/mol. The van der Waals surface area contributed by atoms with Gasteiger partial charge in [-0.05, 0) is 18.6 Å². The van der Waals surface area contributed by atoms with Crippen molar-refractivity contribution in [3.05, 3.63) is 23.3 Å². The Kier molecular flexibility index (Phi) is 4.43. The first-order valence-corrected chi connectivity index (χ1v) is 5.13. The summed E-state index contributed by atoms with van der Waals surface area (Å²) in [5.41, 5.74) is -0.369. The molecule has 0 unspecified atom stereocenters. The zero-order valence-electron chi connectivity index (χ0n) is 9.97. The molecule has 3 nitrogen and oxygen atoms in total. The Bertz CT molecular complexity index is 438. The Morgan fingerprint density at radius 3 is 2.00 bits per heavy atom. The normalized spacial score (nSPS) is 10.9. The molecular formula is C12H12F3NO2. The van der Waals surface area contributed by atoms with Gasteiger partial charge in [0.1, 0.15) is 11.5 Å². The lowest BCUT2D eigenvalue weighted by Crippen LogP contribution is -2.07. The highest BCUT2D eigenvalue weighted by Gasteiger charge is 2.32. The first-order chi connectivity index (χ1) is 8.43. The van der Waals surface area contributed by atoms with E-state index in [4.69, 9.17) is 14.7 Å².